The molecule has 0 saturated heterocycles. The van der Waals surface area contributed by atoms with E-state index in [4.69, 9.17) is 16.7 Å². The largest absolute Gasteiger partial charge is 0.507 e. The second-order valence-corrected chi connectivity index (χ2v) is 6.26. The summed E-state index contributed by atoms with van der Waals surface area (Å²) in [6, 6.07) is 2.03. The topological polar surface area (TPSA) is 212 Å². The molecule has 0 fully saturated rings. The lowest BCUT2D eigenvalue weighted by Crippen LogP contribution is -2.33. The number of nitrogens with zero attached hydrogens (tertiary/aromatic N) is 5. The van der Waals surface area contributed by atoms with Gasteiger partial charge < -0.3 is 21.9 Å². The molecule has 0 spiro atoms. The van der Waals surface area contributed by atoms with Crippen LogP contribution in [0, 0.1) is 46.7 Å². The first-order chi connectivity index (χ1) is 13.7. The third kappa shape index (κ3) is 2.94. The number of nitrogens with two attached hydrogens (primary N) is 2. The number of guanidine groups is 1. The fourth-order valence-electron chi connectivity index (χ4n) is 3.22. The van der Waals surface area contributed by atoms with E-state index in [1.165, 1.54) is 19.9 Å². The number of rotatable bonds is 2. The van der Waals surface area contributed by atoms with Gasteiger partial charge in [-0.25, -0.2) is 9.98 Å². The van der Waals surface area contributed by atoms with Crippen LogP contribution in [0.15, 0.2) is 11.1 Å². The van der Waals surface area contributed by atoms with Gasteiger partial charge in [0.05, 0.1) is 10.6 Å². The first kappa shape index (κ1) is 19.2. The van der Waals surface area contributed by atoms with Crippen molar-refractivity contribution in [3.8, 4) is 18.0 Å². The fraction of sp³-hybridized carbons (Fsp3) is 0.176. The zero-order chi connectivity index (χ0) is 21.5. The van der Waals surface area contributed by atoms with E-state index in [1.807, 2.05) is 6.07 Å². The number of hydrogen-bond acceptors (Lipinski definition) is 11. The predicted molar refractivity (Wildman–Crippen MR) is 104 cm³/mol. The summed E-state index contributed by atoms with van der Waals surface area (Å²) in [7, 11) is 0. The molecule has 7 N–H and O–H groups in total. The minimum Gasteiger partial charge on any atom is -0.507 e. The van der Waals surface area contributed by atoms with Crippen LogP contribution in [0.1, 0.15) is 33.9 Å². The number of aliphatic imine (C=N–C) groups is 1. The van der Waals surface area contributed by atoms with Crippen LogP contribution >= 0.6 is 0 Å². The van der Waals surface area contributed by atoms with Crippen molar-refractivity contribution >= 4 is 29.0 Å². The molecule has 29 heavy (non-hydrogen) atoms. The van der Waals surface area contributed by atoms with E-state index in [9.17, 15) is 20.5 Å². The second-order valence-electron chi connectivity index (χ2n) is 6.26. The quantitative estimate of drug-likeness (QED) is 0.213. The number of nitro groups is 1. The maximum absolute atomic E-state index is 11.5. The summed E-state index contributed by atoms with van der Waals surface area (Å²) in [5, 5.41) is 45.6. The minimum absolute atomic E-state index is 0.0241. The normalized spacial score (nSPS) is 14.6. The molecule has 0 aliphatic carbocycles. The maximum atomic E-state index is 11.5. The number of nitrogens with one attached hydrogen (secondary N) is 2. The molecular weight excluding hydrogens is 378 g/mol. The molecule has 0 radical (unpaired) electrons. The highest BCUT2D eigenvalue weighted by Crippen LogP contribution is 2.46. The molecule has 0 saturated carbocycles. The number of aromatic nitrogens is 1. The van der Waals surface area contributed by atoms with Gasteiger partial charge in [-0.05, 0) is 19.4 Å². The third-order valence-electron chi connectivity index (χ3n) is 4.60. The Morgan fingerprint density at radius 2 is 2.03 bits per heavy atom. The number of aryl methyl sites for hydroxylation is 1. The van der Waals surface area contributed by atoms with Crippen LogP contribution in [0.4, 0.5) is 23.0 Å². The van der Waals surface area contributed by atoms with Crippen molar-refractivity contribution in [2.45, 2.75) is 19.9 Å². The highest BCUT2D eigenvalue weighted by atomic mass is 16.6. The van der Waals surface area contributed by atoms with Crippen LogP contribution in [-0.2, 0) is 0 Å². The average molecular weight is 393 g/mol. The smallest absolute Gasteiger partial charge is 0.273 e. The molecule has 2 aromatic rings. The number of fused-ring (bicyclic) bond motifs is 1. The Hall–Kier alpha value is -4.58. The van der Waals surface area contributed by atoms with E-state index < -0.39 is 11.0 Å². The van der Waals surface area contributed by atoms with Crippen LogP contribution in [0.2, 0.25) is 0 Å². The van der Waals surface area contributed by atoms with Gasteiger partial charge in [-0.2, -0.15) is 10.5 Å². The van der Waals surface area contributed by atoms with Crippen LogP contribution in [0.25, 0.3) is 0 Å². The van der Waals surface area contributed by atoms with Gasteiger partial charge in [-0.3, -0.25) is 15.4 Å². The number of hydrogen-bond donors (Lipinski definition) is 5. The molecule has 1 atom stereocenters. The monoisotopic (exact) mass is 393 g/mol. The van der Waals surface area contributed by atoms with Gasteiger partial charge in [0.15, 0.2) is 6.19 Å². The van der Waals surface area contributed by atoms with Gasteiger partial charge in [-0.1, -0.05) is 0 Å². The molecule has 1 aliphatic heterocycles. The number of anilines is 3. The van der Waals surface area contributed by atoms with Crippen molar-refractivity contribution in [1.82, 2.24) is 10.3 Å². The molecule has 1 unspecified atom stereocenters. The number of pyridine rings is 1. The lowest BCUT2D eigenvalue weighted by Gasteiger charge is -2.27. The zero-order valence-electron chi connectivity index (χ0n) is 15.3. The molecule has 146 valence electrons. The number of nitrogen functional groups attached to an aromatic ring is 2. The molecule has 2 heterocycles. The Balaban J connectivity index is 2.41. The van der Waals surface area contributed by atoms with Crippen molar-refractivity contribution in [1.29, 1.82) is 10.5 Å². The molecule has 0 amide bonds. The Kier molecular flexibility index (Phi) is 4.54. The van der Waals surface area contributed by atoms with Gasteiger partial charge in [0, 0.05) is 22.8 Å². The Bertz CT molecular complexity index is 1170. The highest BCUT2D eigenvalue weighted by molar-refractivity contribution is 5.98. The number of phenols is 1. The third-order valence-corrected chi connectivity index (χ3v) is 4.60. The first-order valence-corrected chi connectivity index (χ1v) is 8.17. The van der Waals surface area contributed by atoms with E-state index >= 15 is 0 Å². The summed E-state index contributed by atoms with van der Waals surface area (Å²) in [6.07, 6.45) is 1.71. The van der Waals surface area contributed by atoms with Crippen molar-refractivity contribution in [2.24, 2.45) is 4.99 Å². The molecule has 3 rings (SSSR count). The summed E-state index contributed by atoms with van der Waals surface area (Å²) in [5.74, 6) is -0.270. The summed E-state index contributed by atoms with van der Waals surface area (Å²) in [6.45, 7) is 2.98. The second kappa shape index (κ2) is 6.86. The van der Waals surface area contributed by atoms with Crippen LogP contribution in [0.3, 0.4) is 0 Å². The van der Waals surface area contributed by atoms with E-state index in [1.54, 1.807) is 6.19 Å². The van der Waals surface area contributed by atoms with Crippen LogP contribution in [0.5, 0.6) is 5.75 Å². The first-order valence-electron chi connectivity index (χ1n) is 8.17. The fourth-order valence-corrected chi connectivity index (χ4v) is 3.22. The number of nitro benzene ring substituents is 1. The molecule has 1 aliphatic rings. The molecule has 12 nitrogen and oxygen atoms in total. The van der Waals surface area contributed by atoms with Crippen LogP contribution in [-0.4, -0.2) is 21.0 Å². The van der Waals surface area contributed by atoms with E-state index in [0.29, 0.717) is 0 Å². The maximum Gasteiger partial charge on any atom is 0.273 e. The van der Waals surface area contributed by atoms with Crippen molar-refractivity contribution in [3.05, 3.63) is 44.0 Å². The Morgan fingerprint density at radius 1 is 1.34 bits per heavy atom. The van der Waals surface area contributed by atoms with Crippen molar-refractivity contribution in [3.63, 3.8) is 0 Å². The summed E-state index contributed by atoms with van der Waals surface area (Å²) in [4.78, 5) is 19.3. The lowest BCUT2D eigenvalue weighted by atomic mass is 9.89. The van der Waals surface area contributed by atoms with E-state index in [-0.39, 0.29) is 62.5 Å². The predicted octanol–water partition coefficient (Wildman–Crippen LogP) is 1.29. The average Bonchev–Trinajstić information content (AvgIpc) is 2.64. The number of nitriles is 2. The summed E-state index contributed by atoms with van der Waals surface area (Å²) >= 11 is 0. The molecule has 0 bridgehead atoms. The van der Waals surface area contributed by atoms with Gasteiger partial charge in [-0.15, -0.1) is 0 Å². The van der Waals surface area contributed by atoms with E-state index in [2.05, 4.69) is 20.6 Å². The Labute approximate surface area is 164 Å². The van der Waals surface area contributed by atoms with Gasteiger partial charge in [0.1, 0.15) is 35.1 Å². The molecular formula is C17H15N9O3. The lowest BCUT2D eigenvalue weighted by molar-refractivity contribution is -0.385. The summed E-state index contributed by atoms with van der Waals surface area (Å²) in [5.41, 5.74) is 12.3. The number of benzene rings is 1. The van der Waals surface area contributed by atoms with Crippen molar-refractivity contribution in [2.75, 3.05) is 16.8 Å². The number of phenolic OH excluding ortho intramolecular Hbond substituents is 1. The Morgan fingerprint density at radius 3 is 2.62 bits per heavy atom. The SMILES string of the molecule is Cc1cc([N+](=O)[O-])c(C)c(C2N=C(NC#N)Nc3nc(N)c(C#N)c(N)c32)c1O. The molecule has 12 heteroatoms. The molecule has 1 aromatic heterocycles. The van der Waals surface area contributed by atoms with Gasteiger partial charge in [0.25, 0.3) is 5.69 Å². The summed E-state index contributed by atoms with van der Waals surface area (Å²) < 4.78 is 0. The highest BCUT2D eigenvalue weighted by Gasteiger charge is 2.34. The van der Waals surface area contributed by atoms with Crippen LogP contribution < -0.4 is 22.1 Å². The molecule has 1 aromatic carbocycles. The van der Waals surface area contributed by atoms with E-state index in [0.717, 1.165) is 0 Å². The van der Waals surface area contributed by atoms with Gasteiger partial charge in [0.2, 0.25) is 5.96 Å². The zero-order valence-corrected chi connectivity index (χ0v) is 15.3. The number of aromatic hydroxyl groups is 1. The standard InChI is InChI=1S/C17H15N9O3/c1-6-3-9(26(28)29)7(2)10(14(6)27)13-11-12(20)8(4-18)15(21)24-16(11)25-17(23-13)22-5-19/h3,13,27H,1-2H3,(H6,20,21,22,23,24,25). The van der Waals surface area contributed by atoms with Gasteiger partial charge >= 0.3 is 0 Å². The van der Waals surface area contributed by atoms with Crippen molar-refractivity contribution < 1.29 is 10.0 Å². The minimum atomic E-state index is -1.08.